The number of ether oxygens (including phenoxy) is 1. The Balaban J connectivity index is 1.47. The van der Waals surface area contributed by atoms with Crippen LogP contribution in [-0.2, 0) is 16.0 Å². The van der Waals surface area contributed by atoms with Gasteiger partial charge in [-0.3, -0.25) is 4.79 Å². The third kappa shape index (κ3) is 4.26. The van der Waals surface area contributed by atoms with Crippen LogP contribution in [0.15, 0.2) is 6.20 Å². The van der Waals surface area contributed by atoms with Crippen LogP contribution in [0.3, 0.4) is 0 Å². The van der Waals surface area contributed by atoms with E-state index in [0.717, 1.165) is 62.4 Å². The number of nitrogens with one attached hydrogen (secondary N) is 1. The highest BCUT2D eigenvalue weighted by atomic mass is 16.5. The molecule has 6 nitrogen and oxygen atoms in total. The molecule has 1 aromatic heterocycles. The molecule has 27 heavy (non-hydrogen) atoms. The monoisotopic (exact) mass is 372 g/mol. The largest absolute Gasteiger partial charge is 0.372 e. The highest BCUT2D eigenvalue weighted by Gasteiger charge is 2.29. The van der Waals surface area contributed by atoms with E-state index in [4.69, 9.17) is 9.72 Å². The molecule has 3 aliphatic rings. The van der Waals surface area contributed by atoms with E-state index in [2.05, 4.69) is 29.0 Å². The lowest BCUT2D eigenvalue weighted by Crippen LogP contribution is -2.46. The van der Waals surface area contributed by atoms with Gasteiger partial charge in [-0.25, -0.2) is 9.97 Å². The van der Waals surface area contributed by atoms with Crippen molar-refractivity contribution in [1.82, 2.24) is 15.3 Å². The molecule has 148 valence electrons. The number of aromatic nitrogens is 2. The fraction of sp³-hybridized carbons (Fsp3) is 0.762. The second kappa shape index (κ2) is 8.13. The maximum Gasteiger partial charge on any atom is 0.225 e. The Kier molecular flexibility index (Phi) is 5.62. The van der Waals surface area contributed by atoms with Crippen LogP contribution in [0.5, 0.6) is 0 Å². The van der Waals surface area contributed by atoms with Crippen molar-refractivity contribution in [3.63, 3.8) is 0 Å². The number of nitrogens with zero attached hydrogens (tertiary/aromatic N) is 3. The van der Waals surface area contributed by atoms with Crippen molar-refractivity contribution < 1.29 is 9.53 Å². The summed E-state index contributed by atoms with van der Waals surface area (Å²) in [4.78, 5) is 24.5. The third-order valence-electron chi connectivity index (χ3n) is 6.16. The van der Waals surface area contributed by atoms with E-state index >= 15 is 0 Å². The van der Waals surface area contributed by atoms with Gasteiger partial charge in [-0.05, 0) is 46.0 Å². The first-order valence-electron chi connectivity index (χ1n) is 10.7. The average molecular weight is 373 g/mol. The van der Waals surface area contributed by atoms with Crippen molar-refractivity contribution >= 4 is 11.9 Å². The molecule has 2 aliphatic carbocycles. The van der Waals surface area contributed by atoms with Crippen molar-refractivity contribution in [3.05, 3.63) is 17.5 Å². The Morgan fingerprint density at radius 3 is 2.59 bits per heavy atom. The van der Waals surface area contributed by atoms with Gasteiger partial charge in [-0.1, -0.05) is 19.3 Å². The van der Waals surface area contributed by atoms with Gasteiger partial charge in [0.25, 0.3) is 0 Å². The molecule has 1 N–H and O–H groups in total. The van der Waals surface area contributed by atoms with E-state index in [1.54, 1.807) is 0 Å². The van der Waals surface area contributed by atoms with Crippen LogP contribution in [0.1, 0.15) is 76.1 Å². The van der Waals surface area contributed by atoms with Crippen molar-refractivity contribution in [1.29, 1.82) is 0 Å². The number of amides is 1. The summed E-state index contributed by atoms with van der Waals surface area (Å²) in [5, 5.41) is 3.31. The summed E-state index contributed by atoms with van der Waals surface area (Å²) in [7, 11) is 0. The molecule has 1 amide bonds. The van der Waals surface area contributed by atoms with Crippen molar-refractivity contribution in [2.75, 3.05) is 18.0 Å². The van der Waals surface area contributed by atoms with Gasteiger partial charge in [-0.15, -0.1) is 0 Å². The van der Waals surface area contributed by atoms with E-state index in [0.29, 0.717) is 0 Å². The molecule has 1 saturated heterocycles. The van der Waals surface area contributed by atoms with Gasteiger partial charge in [0.15, 0.2) is 0 Å². The first-order chi connectivity index (χ1) is 13.1. The molecule has 1 aromatic rings. The number of aryl methyl sites for hydroxylation is 1. The summed E-state index contributed by atoms with van der Waals surface area (Å²) in [6, 6.07) is 0.0692. The zero-order valence-electron chi connectivity index (χ0n) is 16.6. The van der Waals surface area contributed by atoms with Gasteiger partial charge in [0.1, 0.15) is 0 Å². The van der Waals surface area contributed by atoms with Crippen molar-refractivity contribution in [2.24, 2.45) is 5.92 Å². The normalized spacial score (nSPS) is 29.3. The summed E-state index contributed by atoms with van der Waals surface area (Å²) in [5.74, 6) is 1.23. The van der Waals surface area contributed by atoms with Crippen LogP contribution < -0.4 is 10.2 Å². The third-order valence-corrected chi connectivity index (χ3v) is 6.16. The highest BCUT2D eigenvalue weighted by Crippen LogP contribution is 2.31. The molecule has 1 aliphatic heterocycles. The fourth-order valence-corrected chi connectivity index (χ4v) is 4.83. The van der Waals surface area contributed by atoms with E-state index < -0.39 is 0 Å². The smallest absolute Gasteiger partial charge is 0.225 e. The van der Waals surface area contributed by atoms with E-state index in [1.165, 1.54) is 19.3 Å². The number of anilines is 1. The van der Waals surface area contributed by atoms with E-state index in [-0.39, 0.29) is 30.1 Å². The molecule has 0 bridgehead atoms. The first kappa shape index (κ1) is 18.7. The van der Waals surface area contributed by atoms with Crippen LogP contribution in [0, 0.1) is 5.92 Å². The van der Waals surface area contributed by atoms with Gasteiger partial charge in [0.05, 0.1) is 23.9 Å². The summed E-state index contributed by atoms with van der Waals surface area (Å²) in [6.07, 6.45) is 11.1. The zero-order chi connectivity index (χ0) is 18.8. The minimum Gasteiger partial charge on any atom is -0.372 e. The molecule has 0 spiro atoms. The summed E-state index contributed by atoms with van der Waals surface area (Å²) in [6.45, 7) is 5.84. The molecule has 2 fully saturated rings. The Hall–Kier alpha value is -1.69. The predicted molar refractivity (Wildman–Crippen MR) is 105 cm³/mol. The van der Waals surface area contributed by atoms with Crippen molar-refractivity contribution in [2.45, 2.75) is 83.5 Å². The molecular weight excluding hydrogens is 340 g/mol. The second-order valence-corrected chi connectivity index (χ2v) is 8.52. The lowest BCUT2D eigenvalue weighted by Gasteiger charge is -2.36. The number of fused-ring (bicyclic) bond motifs is 1. The fourth-order valence-electron chi connectivity index (χ4n) is 4.83. The van der Waals surface area contributed by atoms with Crippen LogP contribution in [-0.4, -0.2) is 41.2 Å². The van der Waals surface area contributed by atoms with Gasteiger partial charge in [0.2, 0.25) is 11.9 Å². The topological polar surface area (TPSA) is 67.4 Å². The number of hydrogen-bond donors (Lipinski definition) is 1. The van der Waals surface area contributed by atoms with E-state index in [1.807, 2.05) is 6.20 Å². The van der Waals surface area contributed by atoms with Gasteiger partial charge < -0.3 is 15.0 Å². The Labute approximate surface area is 162 Å². The molecule has 0 radical (unpaired) electrons. The predicted octanol–water partition coefficient (Wildman–Crippen LogP) is 3.16. The molecule has 0 unspecified atom stereocenters. The maximum atomic E-state index is 12.7. The van der Waals surface area contributed by atoms with Crippen LogP contribution in [0.2, 0.25) is 0 Å². The highest BCUT2D eigenvalue weighted by molar-refractivity contribution is 5.79. The van der Waals surface area contributed by atoms with Crippen LogP contribution >= 0.6 is 0 Å². The average Bonchev–Trinajstić information content (AvgIpc) is 2.68. The molecule has 6 heteroatoms. The summed E-state index contributed by atoms with van der Waals surface area (Å²) >= 11 is 0. The SMILES string of the molecule is C[C@@H]1CN(c2ncc3c(n2)CCC[C@@H]3NC(=O)C2CCCCC2)C[C@H](C)O1. The molecule has 4 rings (SSSR count). The minimum atomic E-state index is 0.0692. The molecule has 1 saturated carbocycles. The molecular formula is C21H32N4O2. The van der Waals surface area contributed by atoms with Gasteiger partial charge >= 0.3 is 0 Å². The number of morpholine rings is 1. The second-order valence-electron chi connectivity index (χ2n) is 8.52. The summed E-state index contributed by atoms with van der Waals surface area (Å²) < 4.78 is 5.82. The number of rotatable bonds is 3. The lowest BCUT2D eigenvalue weighted by atomic mass is 9.87. The van der Waals surface area contributed by atoms with Crippen LogP contribution in [0.4, 0.5) is 5.95 Å². The van der Waals surface area contributed by atoms with Crippen molar-refractivity contribution in [3.8, 4) is 0 Å². The van der Waals surface area contributed by atoms with Gasteiger partial charge in [-0.2, -0.15) is 0 Å². The lowest BCUT2D eigenvalue weighted by molar-refractivity contribution is -0.126. The number of hydrogen-bond acceptors (Lipinski definition) is 5. The van der Waals surface area contributed by atoms with E-state index in [9.17, 15) is 4.79 Å². The standard InChI is InChI=1S/C21H32N4O2/c1-14-12-25(13-15(2)27-14)21-22-11-17-18(9-6-10-19(17)24-21)23-20(26)16-7-4-3-5-8-16/h11,14-16,18H,3-10,12-13H2,1-2H3,(H,23,26)/t14-,15+,18-/m0/s1. The Bertz CT molecular complexity index is 664. The Morgan fingerprint density at radius 2 is 1.85 bits per heavy atom. The first-order valence-corrected chi connectivity index (χ1v) is 10.7. The maximum absolute atomic E-state index is 12.7. The van der Waals surface area contributed by atoms with Crippen LogP contribution in [0.25, 0.3) is 0 Å². The zero-order valence-corrected chi connectivity index (χ0v) is 16.6. The minimum absolute atomic E-state index is 0.0692. The van der Waals surface area contributed by atoms with Gasteiger partial charge in [0, 0.05) is 30.8 Å². The number of carbonyl (C=O) groups excluding carboxylic acids is 1. The Morgan fingerprint density at radius 1 is 1.11 bits per heavy atom. The molecule has 2 heterocycles. The summed E-state index contributed by atoms with van der Waals surface area (Å²) in [5.41, 5.74) is 2.22. The quantitative estimate of drug-likeness (QED) is 0.883. The molecule has 3 atom stereocenters. The molecule has 0 aromatic carbocycles. The number of carbonyl (C=O) groups is 1.